The van der Waals surface area contributed by atoms with E-state index in [2.05, 4.69) is 78.9 Å². The third kappa shape index (κ3) is 1.87. The average molecular weight is 478 g/mol. The van der Waals surface area contributed by atoms with Gasteiger partial charge in [-0.05, 0) is 28.1 Å². The van der Waals surface area contributed by atoms with E-state index in [0.717, 1.165) is 21.1 Å². The first-order valence-electron chi connectivity index (χ1n) is 3.82. The van der Waals surface area contributed by atoms with E-state index in [4.69, 9.17) is 0 Å². The van der Waals surface area contributed by atoms with Gasteiger partial charge >= 0.3 is 0 Å². The largest absolute Gasteiger partial charge is 0.268 e. The Morgan fingerprint density at radius 3 is 2.79 bits per heavy atom. The molecule has 1 heterocycles. The molecule has 0 spiro atoms. The molecule has 74 valence electrons. The zero-order chi connectivity index (χ0) is 10.3. The molecule has 0 amide bonds. The van der Waals surface area contributed by atoms with Gasteiger partial charge in [0.25, 0.3) is 0 Å². The number of fused-ring (bicyclic) bond motifs is 1. The molecule has 0 aliphatic carbocycles. The molecule has 2 rings (SSSR count). The second-order valence-corrected chi connectivity index (χ2v) is 7.49. The van der Waals surface area contributed by atoms with Gasteiger partial charge in [0, 0.05) is 16.9 Å². The first kappa shape index (κ1) is 10.9. The Hall–Kier alpha value is 0.430. The number of nitrogens with zero attached hydrogens (tertiary/aromatic N) is 3. The van der Waals surface area contributed by atoms with Gasteiger partial charge in [-0.15, -0.1) is 0 Å². The average Bonchev–Trinajstić information content (AvgIpc) is 2.46. The molecule has 1 aromatic carbocycles. The third-order valence-electron chi connectivity index (χ3n) is 2.00. The molecule has 0 aliphatic rings. The Morgan fingerprint density at radius 2 is 2.14 bits per heavy atom. The Morgan fingerprint density at radius 1 is 1.43 bits per heavy atom. The number of aromatic nitrogens is 2. The van der Waals surface area contributed by atoms with Gasteiger partial charge in [0.05, 0.1) is 63.1 Å². The topological polar surface area (TPSA) is 21.1 Å². The Bertz CT molecular complexity index is 481. The number of hydrogen-bond acceptors (Lipinski definition) is 2. The second kappa shape index (κ2) is 4.12. The van der Waals surface area contributed by atoms with Crippen molar-refractivity contribution < 1.29 is 0 Å². The van der Waals surface area contributed by atoms with E-state index in [0.29, 0.717) is 0 Å². The first-order chi connectivity index (χ1) is 6.59. The molecule has 0 unspecified atom stereocenters. The normalized spacial score (nSPS) is 10.9. The molecule has 0 saturated carbocycles. The van der Waals surface area contributed by atoms with Crippen molar-refractivity contribution in [1.29, 1.82) is 0 Å². The van der Waals surface area contributed by atoms with E-state index in [-0.39, 0.29) is 0 Å². The highest BCUT2D eigenvalue weighted by atomic mass is 127. The van der Waals surface area contributed by atoms with Crippen LogP contribution in [-0.4, -0.2) is 9.78 Å². The fourth-order valence-electron chi connectivity index (χ4n) is 1.29. The van der Waals surface area contributed by atoms with Gasteiger partial charge in [-0.25, -0.2) is 0 Å². The van der Waals surface area contributed by atoms with E-state index in [1.165, 1.54) is 0 Å². The Kier molecular flexibility index (Phi) is 3.22. The lowest BCUT2D eigenvalue weighted by Gasteiger charge is -2.09. The summed E-state index contributed by atoms with van der Waals surface area (Å²) in [6.07, 6.45) is 1.88. The fourth-order valence-corrected chi connectivity index (χ4v) is 3.26. The molecular formula is C8H6BrI2N3. The summed E-state index contributed by atoms with van der Waals surface area (Å²) in [5, 5.41) is 5.37. The lowest BCUT2D eigenvalue weighted by molar-refractivity contribution is 0.797. The molecule has 0 atom stereocenters. The quantitative estimate of drug-likeness (QED) is 0.460. The van der Waals surface area contributed by atoms with Gasteiger partial charge < -0.3 is 0 Å². The van der Waals surface area contributed by atoms with Crippen LogP contribution in [0.5, 0.6) is 0 Å². The maximum Gasteiger partial charge on any atom is 0.0714 e. The summed E-state index contributed by atoms with van der Waals surface area (Å²) in [4.78, 5) is 0. The zero-order valence-electron chi connectivity index (χ0n) is 7.21. The van der Waals surface area contributed by atoms with E-state index in [1.807, 2.05) is 19.3 Å². The number of aryl methyl sites for hydroxylation is 1. The van der Waals surface area contributed by atoms with E-state index >= 15 is 0 Å². The van der Waals surface area contributed by atoms with Crippen LogP contribution < -0.4 is 1.33 Å². The van der Waals surface area contributed by atoms with Crippen LogP contribution in [0.4, 0.5) is 5.69 Å². The molecule has 0 saturated heterocycles. The summed E-state index contributed by atoms with van der Waals surface area (Å²) in [6, 6.07) is 4.20. The summed E-state index contributed by atoms with van der Waals surface area (Å²) in [6.45, 7) is 0. The van der Waals surface area contributed by atoms with Crippen LogP contribution in [0.3, 0.4) is 0 Å². The summed E-state index contributed by atoms with van der Waals surface area (Å²) < 4.78 is 4.97. The molecule has 1 aromatic heterocycles. The zero-order valence-corrected chi connectivity index (χ0v) is 13.1. The highest BCUT2D eigenvalue weighted by Crippen LogP contribution is 2.34. The first-order valence-corrected chi connectivity index (χ1v) is 6.55. The van der Waals surface area contributed by atoms with Gasteiger partial charge in [0.15, 0.2) is 0 Å². The maximum atomic E-state index is 4.21. The van der Waals surface area contributed by atoms with E-state index in [1.54, 1.807) is 0 Å². The number of rotatable bonds is 1. The van der Waals surface area contributed by atoms with Crippen LogP contribution in [0.15, 0.2) is 22.8 Å². The maximum absolute atomic E-state index is 4.21. The SMILES string of the molecule is Cn1ncc2cc(N(I)I)c(Br)cc21. The van der Waals surface area contributed by atoms with Crippen LogP contribution in [-0.2, 0) is 7.05 Å². The van der Waals surface area contributed by atoms with Crippen LogP contribution in [0.1, 0.15) is 0 Å². The van der Waals surface area contributed by atoms with Crippen molar-refractivity contribution in [1.82, 2.24) is 9.78 Å². The van der Waals surface area contributed by atoms with Crippen molar-refractivity contribution in [2.24, 2.45) is 7.05 Å². The van der Waals surface area contributed by atoms with Gasteiger partial charge in [-0.3, -0.25) is 6.01 Å². The molecule has 3 nitrogen and oxygen atoms in total. The highest BCUT2D eigenvalue weighted by Gasteiger charge is 2.08. The highest BCUT2D eigenvalue weighted by molar-refractivity contribution is 14.2. The van der Waals surface area contributed by atoms with E-state index in [9.17, 15) is 0 Å². The van der Waals surface area contributed by atoms with Gasteiger partial charge in [-0.1, -0.05) is 0 Å². The van der Waals surface area contributed by atoms with Gasteiger partial charge in [-0.2, -0.15) is 5.10 Å². The van der Waals surface area contributed by atoms with Crippen LogP contribution in [0.2, 0.25) is 0 Å². The Balaban J connectivity index is 2.72. The third-order valence-corrected chi connectivity index (χ3v) is 3.67. The molecule has 0 radical (unpaired) electrons. The minimum absolute atomic E-state index is 1.08. The molecule has 14 heavy (non-hydrogen) atoms. The van der Waals surface area contributed by atoms with Crippen molar-refractivity contribution >= 4 is 78.2 Å². The lowest BCUT2D eigenvalue weighted by atomic mass is 10.2. The van der Waals surface area contributed by atoms with Crippen molar-refractivity contribution in [3.63, 3.8) is 0 Å². The summed E-state index contributed by atoms with van der Waals surface area (Å²) >= 11 is 8.02. The monoisotopic (exact) mass is 477 g/mol. The molecule has 0 N–H and O–H groups in total. The van der Waals surface area contributed by atoms with Crippen LogP contribution >= 0.6 is 61.7 Å². The number of hydrogen-bond donors (Lipinski definition) is 0. The summed E-state index contributed by atoms with van der Waals surface area (Å²) in [5.41, 5.74) is 2.28. The molecular weight excluding hydrogens is 472 g/mol. The molecule has 0 bridgehead atoms. The second-order valence-electron chi connectivity index (χ2n) is 2.86. The van der Waals surface area contributed by atoms with Crippen LogP contribution in [0, 0.1) is 0 Å². The standard InChI is InChI=1S/C8H6BrI2N3/c1-13-7-3-6(9)8(14(10)11)2-5(7)4-12-13/h2-4H,1H3. The number of benzene rings is 1. The minimum Gasteiger partial charge on any atom is -0.268 e. The Labute approximate surface area is 118 Å². The molecule has 2 aromatic rings. The van der Waals surface area contributed by atoms with Crippen LogP contribution in [0.25, 0.3) is 10.9 Å². The van der Waals surface area contributed by atoms with Crippen molar-refractivity contribution in [2.45, 2.75) is 0 Å². The fraction of sp³-hybridized carbons (Fsp3) is 0.125. The van der Waals surface area contributed by atoms with Gasteiger partial charge in [0.2, 0.25) is 0 Å². The predicted molar refractivity (Wildman–Crippen MR) is 78.9 cm³/mol. The molecule has 0 aliphatic heterocycles. The smallest absolute Gasteiger partial charge is 0.0714 e. The number of anilines is 1. The van der Waals surface area contributed by atoms with Crippen molar-refractivity contribution in [2.75, 3.05) is 1.33 Å². The number of halogens is 3. The van der Waals surface area contributed by atoms with Crippen molar-refractivity contribution in [3.05, 3.63) is 22.8 Å². The molecule has 0 fully saturated rings. The minimum atomic E-state index is 1.08. The summed E-state index contributed by atoms with van der Waals surface area (Å²) in [5.74, 6) is 0. The van der Waals surface area contributed by atoms with E-state index < -0.39 is 0 Å². The lowest BCUT2D eigenvalue weighted by Crippen LogP contribution is -1.92. The predicted octanol–water partition coefficient (Wildman–Crippen LogP) is 3.84. The summed E-state index contributed by atoms with van der Waals surface area (Å²) in [7, 11) is 1.94. The van der Waals surface area contributed by atoms with Gasteiger partial charge in [0.1, 0.15) is 0 Å². The van der Waals surface area contributed by atoms with Crippen molar-refractivity contribution in [3.8, 4) is 0 Å². The molecule has 6 heteroatoms.